The maximum absolute atomic E-state index is 12.2. The Labute approximate surface area is 191 Å². The lowest BCUT2D eigenvalue weighted by Gasteiger charge is -2.05. The van der Waals surface area contributed by atoms with Gasteiger partial charge in [0.15, 0.2) is 5.82 Å². The summed E-state index contributed by atoms with van der Waals surface area (Å²) >= 11 is 13.3. The van der Waals surface area contributed by atoms with Crippen LogP contribution in [0.25, 0.3) is 0 Å². The van der Waals surface area contributed by atoms with Crippen LogP contribution in [0.1, 0.15) is 17.1 Å². The molecule has 0 radical (unpaired) electrons. The van der Waals surface area contributed by atoms with Crippen LogP contribution in [0.4, 0.5) is 5.82 Å². The molecule has 31 heavy (non-hydrogen) atoms. The fourth-order valence-electron chi connectivity index (χ4n) is 2.70. The highest BCUT2D eigenvalue weighted by Crippen LogP contribution is 2.22. The van der Waals surface area contributed by atoms with E-state index in [1.165, 1.54) is 0 Å². The third-order valence-electron chi connectivity index (χ3n) is 4.10. The number of aromatic nitrogens is 6. The molecule has 9 nitrogen and oxygen atoms in total. The molecule has 0 bridgehead atoms. The van der Waals surface area contributed by atoms with E-state index in [1.54, 1.807) is 33.8 Å². The Hall–Kier alpha value is -2.82. The van der Waals surface area contributed by atoms with Gasteiger partial charge >= 0.3 is 0 Å². The first kappa shape index (κ1) is 21.4. The fourth-order valence-corrected chi connectivity index (χ4v) is 3.75. The molecule has 3 aromatic heterocycles. The number of nitrogens with one attached hydrogen (secondary N) is 1. The molecule has 0 fully saturated rings. The second-order valence-electron chi connectivity index (χ2n) is 6.59. The van der Waals surface area contributed by atoms with Gasteiger partial charge in [-0.05, 0) is 30.7 Å². The van der Waals surface area contributed by atoms with Gasteiger partial charge in [0.05, 0.1) is 18.0 Å². The van der Waals surface area contributed by atoms with Gasteiger partial charge in [0, 0.05) is 28.5 Å². The molecular weight excluding hydrogens is 461 g/mol. The van der Waals surface area contributed by atoms with E-state index in [0.29, 0.717) is 40.1 Å². The number of nitrogens with zero attached hydrogens (tertiary/aromatic N) is 6. The minimum atomic E-state index is -0.234. The van der Waals surface area contributed by atoms with Gasteiger partial charge in [0.1, 0.15) is 6.54 Å². The summed E-state index contributed by atoms with van der Waals surface area (Å²) in [6.45, 7) is 2.74. The molecule has 0 spiro atoms. The second kappa shape index (κ2) is 9.54. The average Bonchev–Trinajstić information content (AvgIpc) is 3.45. The minimum Gasteiger partial charge on any atom is -0.414 e. The van der Waals surface area contributed by atoms with Crippen LogP contribution < -0.4 is 5.32 Å². The number of carbonyl (C=O) groups is 1. The third kappa shape index (κ3) is 5.87. The molecule has 0 aliphatic rings. The molecule has 1 N–H and O–H groups in total. The summed E-state index contributed by atoms with van der Waals surface area (Å²) in [5.74, 6) is 0.738. The van der Waals surface area contributed by atoms with Crippen molar-refractivity contribution in [1.82, 2.24) is 29.8 Å². The number of anilines is 1. The van der Waals surface area contributed by atoms with E-state index >= 15 is 0 Å². The fraction of sp³-hybridized carbons (Fsp3) is 0.211. The van der Waals surface area contributed by atoms with Crippen LogP contribution in [-0.2, 0) is 17.9 Å². The highest BCUT2D eigenvalue weighted by Gasteiger charge is 2.12. The molecule has 0 saturated carbocycles. The topological polar surface area (TPSA) is 104 Å². The van der Waals surface area contributed by atoms with E-state index in [2.05, 4.69) is 25.7 Å². The molecule has 1 aromatic carbocycles. The number of carbonyl (C=O) groups excluding carboxylic acids is 1. The van der Waals surface area contributed by atoms with Crippen molar-refractivity contribution in [3.8, 4) is 0 Å². The van der Waals surface area contributed by atoms with E-state index in [-0.39, 0.29) is 11.7 Å². The van der Waals surface area contributed by atoms with Crippen LogP contribution in [0.3, 0.4) is 0 Å². The summed E-state index contributed by atoms with van der Waals surface area (Å²) in [4.78, 5) is 12.2. The first-order valence-corrected chi connectivity index (χ1v) is 10.9. The summed E-state index contributed by atoms with van der Waals surface area (Å²) < 4.78 is 8.93. The van der Waals surface area contributed by atoms with Crippen molar-refractivity contribution >= 4 is 46.7 Å². The summed E-state index contributed by atoms with van der Waals surface area (Å²) in [6.07, 6.45) is 3.59. The SMILES string of the molecule is Cc1ccn(Cc2nnc(SCC(=O)Nc3ccn(Cc4ccc(Cl)cc4Cl)n3)o2)n1. The third-order valence-corrected chi connectivity index (χ3v) is 5.51. The average molecular weight is 478 g/mol. The lowest BCUT2D eigenvalue weighted by Crippen LogP contribution is -2.15. The van der Waals surface area contributed by atoms with Crippen molar-refractivity contribution in [3.05, 3.63) is 69.9 Å². The van der Waals surface area contributed by atoms with Crippen molar-refractivity contribution < 1.29 is 9.21 Å². The van der Waals surface area contributed by atoms with Crippen LogP contribution in [0.2, 0.25) is 10.0 Å². The number of hydrogen-bond donors (Lipinski definition) is 1. The van der Waals surface area contributed by atoms with Crippen LogP contribution in [0.5, 0.6) is 0 Å². The van der Waals surface area contributed by atoms with Crippen molar-refractivity contribution in [2.24, 2.45) is 0 Å². The van der Waals surface area contributed by atoms with Gasteiger partial charge in [-0.3, -0.25) is 14.2 Å². The molecule has 160 valence electrons. The van der Waals surface area contributed by atoms with Crippen LogP contribution in [0.15, 0.2) is 52.4 Å². The predicted molar refractivity (Wildman–Crippen MR) is 118 cm³/mol. The maximum Gasteiger partial charge on any atom is 0.277 e. The van der Waals surface area contributed by atoms with E-state index in [4.69, 9.17) is 27.6 Å². The van der Waals surface area contributed by atoms with Crippen molar-refractivity contribution in [3.63, 3.8) is 0 Å². The van der Waals surface area contributed by atoms with Gasteiger partial charge in [0.2, 0.25) is 11.8 Å². The van der Waals surface area contributed by atoms with Gasteiger partial charge in [-0.2, -0.15) is 10.2 Å². The normalized spacial score (nSPS) is 11.1. The van der Waals surface area contributed by atoms with Crippen LogP contribution >= 0.6 is 35.0 Å². The zero-order chi connectivity index (χ0) is 21.8. The standard InChI is InChI=1S/C19H17Cl2N7O2S/c1-12-4-6-28(25-12)10-18-23-24-19(30-18)31-11-17(29)22-16-5-7-27(26-16)9-13-2-3-14(20)8-15(13)21/h2-8H,9-11H2,1H3,(H,22,26,29). The first-order valence-electron chi connectivity index (χ1n) is 9.17. The van der Waals surface area contributed by atoms with Gasteiger partial charge in [-0.1, -0.05) is 41.0 Å². The number of rotatable bonds is 8. The van der Waals surface area contributed by atoms with Gasteiger partial charge in [0.25, 0.3) is 5.22 Å². The zero-order valence-electron chi connectivity index (χ0n) is 16.3. The smallest absolute Gasteiger partial charge is 0.277 e. The van der Waals surface area contributed by atoms with Gasteiger partial charge in [-0.15, -0.1) is 10.2 Å². The van der Waals surface area contributed by atoms with Crippen LogP contribution in [0, 0.1) is 6.92 Å². The van der Waals surface area contributed by atoms with Crippen molar-refractivity contribution in [2.45, 2.75) is 25.2 Å². The molecule has 0 aliphatic heterocycles. The Morgan fingerprint density at radius 1 is 1.10 bits per heavy atom. The van der Waals surface area contributed by atoms with Gasteiger partial charge in [-0.25, -0.2) is 0 Å². The first-order chi connectivity index (χ1) is 14.9. The molecule has 12 heteroatoms. The summed E-state index contributed by atoms with van der Waals surface area (Å²) in [6, 6.07) is 8.89. The lowest BCUT2D eigenvalue weighted by molar-refractivity contribution is -0.113. The largest absolute Gasteiger partial charge is 0.414 e. The minimum absolute atomic E-state index is 0.110. The Kier molecular flexibility index (Phi) is 6.59. The number of halogens is 2. The zero-order valence-corrected chi connectivity index (χ0v) is 18.7. The number of amides is 1. The second-order valence-corrected chi connectivity index (χ2v) is 8.36. The Balaban J connectivity index is 1.27. The highest BCUT2D eigenvalue weighted by atomic mass is 35.5. The quantitative estimate of drug-likeness (QED) is 0.383. The number of aryl methyl sites for hydroxylation is 1. The van der Waals surface area contributed by atoms with E-state index < -0.39 is 0 Å². The van der Waals surface area contributed by atoms with Crippen molar-refractivity contribution in [2.75, 3.05) is 11.1 Å². The van der Waals surface area contributed by atoms with Crippen molar-refractivity contribution in [1.29, 1.82) is 0 Å². The molecule has 3 heterocycles. The molecule has 0 aliphatic carbocycles. The van der Waals surface area contributed by atoms with E-state index in [0.717, 1.165) is 23.0 Å². The van der Waals surface area contributed by atoms with Crippen LogP contribution in [-0.4, -0.2) is 41.4 Å². The molecule has 0 atom stereocenters. The Morgan fingerprint density at radius 2 is 1.90 bits per heavy atom. The summed E-state index contributed by atoms with van der Waals surface area (Å²) in [5, 5.41) is 20.7. The number of hydrogen-bond acceptors (Lipinski definition) is 7. The molecule has 0 unspecified atom stereocenters. The maximum atomic E-state index is 12.2. The van der Waals surface area contributed by atoms with E-state index in [9.17, 15) is 4.79 Å². The lowest BCUT2D eigenvalue weighted by atomic mass is 10.2. The molecule has 0 saturated heterocycles. The Morgan fingerprint density at radius 3 is 2.68 bits per heavy atom. The highest BCUT2D eigenvalue weighted by molar-refractivity contribution is 7.99. The number of benzene rings is 1. The molecule has 4 rings (SSSR count). The summed E-state index contributed by atoms with van der Waals surface area (Å²) in [7, 11) is 0. The Bertz CT molecular complexity index is 1200. The molecule has 4 aromatic rings. The summed E-state index contributed by atoms with van der Waals surface area (Å²) in [5.41, 5.74) is 1.78. The number of thioether (sulfide) groups is 1. The molecule has 1 amide bonds. The van der Waals surface area contributed by atoms with Gasteiger partial charge < -0.3 is 9.73 Å². The monoisotopic (exact) mass is 477 g/mol. The molecular formula is C19H17Cl2N7O2S. The van der Waals surface area contributed by atoms with E-state index in [1.807, 2.05) is 25.3 Å². The predicted octanol–water partition coefficient (Wildman–Crippen LogP) is 3.91.